The van der Waals surface area contributed by atoms with E-state index in [1.54, 1.807) is 0 Å². The molecule has 0 aromatic rings. The Bertz CT molecular complexity index is 245. The van der Waals surface area contributed by atoms with Crippen molar-refractivity contribution in [1.29, 1.82) is 0 Å². The van der Waals surface area contributed by atoms with Crippen molar-refractivity contribution in [2.75, 3.05) is 6.54 Å². The van der Waals surface area contributed by atoms with E-state index < -0.39 is 0 Å². The lowest BCUT2D eigenvalue weighted by Crippen LogP contribution is -2.33. The Morgan fingerprint density at radius 2 is 1.76 bits per heavy atom. The van der Waals surface area contributed by atoms with Crippen molar-refractivity contribution in [1.82, 2.24) is 5.32 Å². The van der Waals surface area contributed by atoms with Crippen molar-refractivity contribution in [2.45, 2.75) is 78.6 Å². The van der Waals surface area contributed by atoms with Gasteiger partial charge in [-0.05, 0) is 58.9 Å². The van der Waals surface area contributed by atoms with Gasteiger partial charge in [0.1, 0.15) is 0 Å². The molecular weight excluding hydrogens is 210 g/mol. The van der Waals surface area contributed by atoms with Crippen LogP contribution in [0.25, 0.3) is 0 Å². The molecule has 1 rings (SSSR count). The maximum atomic E-state index is 6.15. The van der Waals surface area contributed by atoms with Crippen molar-refractivity contribution in [3.8, 4) is 0 Å². The minimum Gasteiger partial charge on any atom is -0.369 e. The smallest absolute Gasteiger partial charge is 0.0662 e. The Balaban J connectivity index is 2.46. The maximum absolute atomic E-state index is 6.15. The molecule has 1 N–H and O–H groups in total. The van der Waals surface area contributed by atoms with E-state index in [1.165, 1.54) is 12.8 Å². The molecule has 2 atom stereocenters. The molecule has 1 heterocycles. The van der Waals surface area contributed by atoms with E-state index in [4.69, 9.17) is 4.74 Å². The van der Waals surface area contributed by atoms with Crippen LogP contribution < -0.4 is 5.32 Å². The first kappa shape index (κ1) is 15.0. The zero-order chi connectivity index (χ0) is 13.3. The highest BCUT2D eigenvalue weighted by Gasteiger charge is 2.45. The Hall–Kier alpha value is -0.0800. The third-order valence-corrected chi connectivity index (χ3v) is 3.82. The largest absolute Gasteiger partial charge is 0.369 e. The molecule has 2 heteroatoms. The molecule has 1 fully saturated rings. The number of hydrogen-bond donors (Lipinski definition) is 1. The topological polar surface area (TPSA) is 21.3 Å². The van der Waals surface area contributed by atoms with E-state index >= 15 is 0 Å². The van der Waals surface area contributed by atoms with E-state index in [0.717, 1.165) is 12.5 Å². The predicted octanol–water partition coefficient (Wildman–Crippen LogP) is 3.60. The van der Waals surface area contributed by atoms with Gasteiger partial charge in [-0.2, -0.15) is 0 Å². The van der Waals surface area contributed by atoms with Crippen LogP contribution in [0.1, 0.15) is 61.3 Å². The number of ether oxygens (including phenoxy) is 1. The minimum atomic E-state index is 0.0373. The standard InChI is InChI=1S/C15H31NO/c1-11(2)16-10-12(3)8-13-9-14(4,5)17-15(13,6)7/h11-13,16H,8-10H2,1-7H3. The molecule has 1 aliphatic heterocycles. The predicted molar refractivity (Wildman–Crippen MR) is 74.3 cm³/mol. The molecule has 1 aliphatic rings. The molecule has 17 heavy (non-hydrogen) atoms. The summed E-state index contributed by atoms with van der Waals surface area (Å²) in [5.41, 5.74) is 0.0922. The van der Waals surface area contributed by atoms with Crippen molar-refractivity contribution in [3.05, 3.63) is 0 Å². The van der Waals surface area contributed by atoms with Gasteiger partial charge in [0.2, 0.25) is 0 Å². The van der Waals surface area contributed by atoms with Crippen LogP contribution in [0.4, 0.5) is 0 Å². The van der Waals surface area contributed by atoms with Crippen LogP contribution >= 0.6 is 0 Å². The molecule has 0 radical (unpaired) electrons. The summed E-state index contributed by atoms with van der Waals surface area (Å²) in [5.74, 6) is 1.40. The number of rotatable bonds is 5. The van der Waals surface area contributed by atoms with Crippen molar-refractivity contribution < 1.29 is 4.74 Å². The van der Waals surface area contributed by atoms with Gasteiger partial charge >= 0.3 is 0 Å². The van der Waals surface area contributed by atoms with Crippen LogP contribution in [-0.4, -0.2) is 23.8 Å². The van der Waals surface area contributed by atoms with E-state index in [0.29, 0.717) is 12.0 Å². The molecule has 2 unspecified atom stereocenters. The molecule has 0 aliphatic carbocycles. The Kier molecular flexibility index (Phi) is 4.65. The van der Waals surface area contributed by atoms with E-state index in [-0.39, 0.29) is 11.2 Å². The summed E-state index contributed by atoms with van der Waals surface area (Å²) >= 11 is 0. The molecule has 0 amide bonds. The van der Waals surface area contributed by atoms with Crippen LogP contribution in [0.3, 0.4) is 0 Å². The van der Waals surface area contributed by atoms with E-state index in [2.05, 4.69) is 53.8 Å². The van der Waals surface area contributed by atoms with Crippen molar-refractivity contribution in [3.63, 3.8) is 0 Å². The van der Waals surface area contributed by atoms with Gasteiger partial charge in [0.25, 0.3) is 0 Å². The highest BCUT2D eigenvalue weighted by Crippen LogP contribution is 2.44. The van der Waals surface area contributed by atoms with Crippen LogP contribution in [0.15, 0.2) is 0 Å². The highest BCUT2D eigenvalue weighted by molar-refractivity contribution is 4.94. The molecule has 0 aromatic carbocycles. The molecule has 2 nitrogen and oxygen atoms in total. The second-order valence-electron chi connectivity index (χ2n) is 7.27. The molecule has 0 aromatic heterocycles. The first-order chi connectivity index (χ1) is 7.62. The van der Waals surface area contributed by atoms with Crippen LogP contribution in [0, 0.1) is 11.8 Å². The number of hydrogen-bond acceptors (Lipinski definition) is 2. The van der Waals surface area contributed by atoms with E-state index in [9.17, 15) is 0 Å². The van der Waals surface area contributed by atoms with Gasteiger partial charge in [-0.3, -0.25) is 0 Å². The zero-order valence-corrected chi connectivity index (χ0v) is 12.8. The second-order valence-corrected chi connectivity index (χ2v) is 7.27. The summed E-state index contributed by atoms with van der Waals surface area (Å²) in [5, 5.41) is 3.53. The van der Waals surface area contributed by atoms with Gasteiger partial charge in [-0.1, -0.05) is 20.8 Å². The quantitative estimate of drug-likeness (QED) is 0.794. The SMILES string of the molecule is CC(CNC(C)C)CC1CC(C)(C)OC1(C)C. The fraction of sp³-hybridized carbons (Fsp3) is 1.00. The van der Waals surface area contributed by atoms with Gasteiger partial charge in [0, 0.05) is 6.04 Å². The summed E-state index contributed by atoms with van der Waals surface area (Å²) in [6.07, 6.45) is 2.45. The van der Waals surface area contributed by atoms with Gasteiger partial charge in [0.15, 0.2) is 0 Å². The zero-order valence-electron chi connectivity index (χ0n) is 12.8. The molecular formula is C15H31NO. The molecule has 0 saturated carbocycles. The lowest BCUT2D eigenvalue weighted by Gasteiger charge is -2.29. The Labute approximate surface area is 108 Å². The lowest BCUT2D eigenvalue weighted by molar-refractivity contribution is -0.0762. The number of nitrogens with one attached hydrogen (secondary N) is 1. The fourth-order valence-electron chi connectivity index (χ4n) is 3.05. The summed E-state index contributed by atoms with van der Waals surface area (Å²) < 4.78 is 6.15. The molecule has 0 spiro atoms. The first-order valence-electron chi connectivity index (χ1n) is 7.06. The normalized spacial score (nSPS) is 28.6. The first-order valence-corrected chi connectivity index (χ1v) is 7.06. The summed E-state index contributed by atoms with van der Waals surface area (Å²) in [6, 6.07) is 0.585. The Morgan fingerprint density at radius 3 is 2.18 bits per heavy atom. The van der Waals surface area contributed by atoms with Gasteiger partial charge in [-0.25, -0.2) is 0 Å². The molecule has 102 valence electrons. The van der Waals surface area contributed by atoms with E-state index in [1.807, 2.05) is 0 Å². The summed E-state index contributed by atoms with van der Waals surface area (Å²) in [6.45, 7) is 16.8. The summed E-state index contributed by atoms with van der Waals surface area (Å²) in [4.78, 5) is 0. The van der Waals surface area contributed by atoms with Gasteiger partial charge in [0.05, 0.1) is 11.2 Å². The lowest BCUT2D eigenvalue weighted by atomic mass is 9.81. The van der Waals surface area contributed by atoms with Crippen molar-refractivity contribution >= 4 is 0 Å². The van der Waals surface area contributed by atoms with Gasteiger partial charge in [-0.15, -0.1) is 0 Å². The summed E-state index contributed by atoms with van der Waals surface area (Å²) in [7, 11) is 0. The van der Waals surface area contributed by atoms with Crippen LogP contribution in [-0.2, 0) is 4.74 Å². The monoisotopic (exact) mass is 241 g/mol. The third-order valence-electron chi connectivity index (χ3n) is 3.82. The Morgan fingerprint density at radius 1 is 1.18 bits per heavy atom. The average Bonchev–Trinajstić information content (AvgIpc) is 2.31. The fourth-order valence-corrected chi connectivity index (χ4v) is 3.05. The minimum absolute atomic E-state index is 0.0373. The third kappa shape index (κ3) is 4.59. The van der Waals surface area contributed by atoms with Crippen LogP contribution in [0.2, 0.25) is 0 Å². The maximum Gasteiger partial charge on any atom is 0.0662 e. The average molecular weight is 241 g/mol. The second kappa shape index (κ2) is 5.27. The molecule has 0 bridgehead atoms. The molecule has 1 saturated heterocycles. The van der Waals surface area contributed by atoms with Gasteiger partial charge < -0.3 is 10.1 Å². The highest BCUT2D eigenvalue weighted by atomic mass is 16.5. The van der Waals surface area contributed by atoms with Crippen molar-refractivity contribution in [2.24, 2.45) is 11.8 Å². The van der Waals surface area contributed by atoms with Crippen LogP contribution in [0.5, 0.6) is 0 Å².